The van der Waals surface area contributed by atoms with Crippen molar-refractivity contribution in [2.45, 2.75) is 25.8 Å². The lowest BCUT2D eigenvalue weighted by atomic mass is 10.2. The third-order valence-electron chi connectivity index (χ3n) is 3.20. The highest BCUT2D eigenvalue weighted by molar-refractivity contribution is 6.35. The van der Waals surface area contributed by atoms with Gasteiger partial charge in [0.25, 0.3) is 0 Å². The van der Waals surface area contributed by atoms with E-state index in [1.54, 1.807) is 6.08 Å². The van der Waals surface area contributed by atoms with Gasteiger partial charge in [-0.1, -0.05) is 6.08 Å². The zero-order valence-electron chi connectivity index (χ0n) is 10.4. The fourth-order valence-electron chi connectivity index (χ4n) is 2.24. The minimum Gasteiger partial charge on any atom is -0.344 e. The molecule has 5 heteroatoms. The van der Waals surface area contributed by atoms with Crippen molar-refractivity contribution in [1.82, 2.24) is 10.6 Å². The number of nitrogens with one attached hydrogen (secondary N) is 3. The van der Waals surface area contributed by atoms with Crippen molar-refractivity contribution >= 4 is 11.8 Å². The predicted molar refractivity (Wildman–Crippen MR) is 65.6 cm³/mol. The molecule has 2 amide bonds. The maximum atomic E-state index is 11.4. The van der Waals surface area contributed by atoms with Crippen LogP contribution in [0.2, 0.25) is 0 Å². The lowest BCUT2D eigenvalue weighted by molar-refractivity contribution is -0.909. The van der Waals surface area contributed by atoms with E-state index in [-0.39, 0.29) is 0 Å². The molecule has 0 saturated carbocycles. The Bertz CT molecular complexity index is 291. The number of rotatable bonds is 5. The third kappa shape index (κ3) is 4.19. The van der Waals surface area contributed by atoms with Gasteiger partial charge in [0.1, 0.15) is 6.04 Å². The molecule has 1 aliphatic heterocycles. The molecular weight excluding hydrogens is 218 g/mol. The van der Waals surface area contributed by atoms with Crippen molar-refractivity contribution in [1.29, 1.82) is 0 Å². The minimum atomic E-state index is -0.582. The summed E-state index contributed by atoms with van der Waals surface area (Å²) in [6, 6.07) is 0.455. The van der Waals surface area contributed by atoms with Crippen LogP contribution in [0.15, 0.2) is 12.7 Å². The second-order valence-electron chi connectivity index (χ2n) is 4.31. The first-order valence-electron chi connectivity index (χ1n) is 6.20. The summed E-state index contributed by atoms with van der Waals surface area (Å²) in [4.78, 5) is 24.2. The Morgan fingerprint density at radius 1 is 1.41 bits per heavy atom. The van der Waals surface area contributed by atoms with Gasteiger partial charge in [-0.15, -0.1) is 6.58 Å². The van der Waals surface area contributed by atoms with Crippen molar-refractivity contribution in [2.24, 2.45) is 0 Å². The molecule has 2 atom stereocenters. The number of quaternary nitrogens is 1. The highest BCUT2D eigenvalue weighted by atomic mass is 16.2. The summed E-state index contributed by atoms with van der Waals surface area (Å²) in [6.45, 7) is 8.76. The molecule has 1 fully saturated rings. The zero-order chi connectivity index (χ0) is 12.7. The van der Waals surface area contributed by atoms with Crippen molar-refractivity contribution in [3.8, 4) is 0 Å². The van der Waals surface area contributed by atoms with Crippen molar-refractivity contribution in [3.05, 3.63) is 12.7 Å². The molecule has 0 bridgehead atoms. The quantitative estimate of drug-likeness (QED) is 0.403. The molecule has 0 aromatic rings. The van der Waals surface area contributed by atoms with Crippen molar-refractivity contribution < 1.29 is 14.5 Å². The summed E-state index contributed by atoms with van der Waals surface area (Å²) in [6.07, 6.45) is 3.87. The first-order chi connectivity index (χ1) is 8.19. The molecular formula is C12H22N3O2+. The van der Waals surface area contributed by atoms with Crippen LogP contribution in [0.3, 0.4) is 0 Å². The van der Waals surface area contributed by atoms with Gasteiger partial charge in [0.2, 0.25) is 0 Å². The Hall–Kier alpha value is -1.36. The first kappa shape index (κ1) is 13.7. The lowest BCUT2D eigenvalue weighted by Crippen LogP contribution is -3.14. The van der Waals surface area contributed by atoms with Gasteiger partial charge in [-0.05, 0) is 6.92 Å². The van der Waals surface area contributed by atoms with Gasteiger partial charge in [0.15, 0.2) is 0 Å². The number of carbonyl (C=O) groups is 2. The van der Waals surface area contributed by atoms with Crippen LogP contribution < -0.4 is 15.5 Å². The summed E-state index contributed by atoms with van der Waals surface area (Å²) in [5.74, 6) is -1.13. The zero-order valence-corrected chi connectivity index (χ0v) is 10.4. The van der Waals surface area contributed by atoms with E-state index in [2.05, 4.69) is 24.1 Å². The normalized spacial score (nSPS) is 23.1. The maximum absolute atomic E-state index is 11.4. The average Bonchev–Trinajstić information content (AvgIpc) is 2.80. The molecule has 1 rings (SSSR count). The van der Waals surface area contributed by atoms with Crippen LogP contribution in [-0.2, 0) is 9.59 Å². The van der Waals surface area contributed by atoms with Gasteiger partial charge < -0.3 is 15.5 Å². The molecule has 5 nitrogen and oxygen atoms in total. The van der Waals surface area contributed by atoms with E-state index in [0.29, 0.717) is 19.1 Å². The smallest absolute Gasteiger partial charge is 0.309 e. The minimum absolute atomic E-state index is 0.321. The summed E-state index contributed by atoms with van der Waals surface area (Å²) in [7, 11) is 0. The largest absolute Gasteiger partial charge is 0.344 e. The van der Waals surface area contributed by atoms with Crippen LogP contribution in [0, 0.1) is 0 Å². The number of carbonyl (C=O) groups excluding carboxylic acids is 2. The van der Waals surface area contributed by atoms with Crippen LogP contribution in [0.1, 0.15) is 19.8 Å². The third-order valence-corrected chi connectivity index (χ3v) is 3.20. The summed E-state index contributed by atoms with van der Waals surface area (Å²) < 4.78 is 0. The Labute approximate surface area is 102 Å². The van der Waals surface area contributed by atoms with Crippen LogP contribution in [0.5, 0.6) is 0 Å². The van der Waals surface area contributed by atoms with Crippen molar-refractivity contribution in [3.63, 3.8) is 0 Å². The number of hydrogen-bond acceptors (Lipinski definition) is 2. The van der Waals surface area contributed by atoms with E-state index in [0.717, 1.165) is 13.0 Å². The van der Waals surface area contributed by atoms with Gasteiger partial charge in [-0.2, -0.15) is 0 Å². The summed E-state index contributed by atoms with van der Waals surface area (Å²) >= 11 is 0. The van der Waals surface area contributed by atoms with Crippen molar-refractivity contribution in [2.75, 3.05) is 26.2 Å². The number of likely N-dealkylation sites (N-methyl/N-ethyl adjacent to an activating group) is 1. The van der Waals surface area contributed by atoms with E-state index in [9.17, 15) is 9.59 Å². The summed E-state index contributed by atoms with van der Waals surface area (Å²) in [5, 5.41) is 5.15. The number of amides is 2. The van der Waals surface area contributed by atoms with E-state index in [4.69, 9.17) is 0 Å². The molecule has 0 aliphatic carbocycles. The standard InChI is InChI=1S/C12H21N3O2/c1-3-7-13-11(16)12(17)14-9-10-6-5-8-15(10)4-2/h3,10H,1,4-9H2,2H3,(H,13,16)(H,14,17)/p+1/t10-/m0/s1. The molecule has 1 aliphatic rings. The molecule has 0 spiro atoms. The van der Waals surface area contributed by atoms with E-state index in [1.165, 1.54) is 17.9 Å². The monoisotopic (exact) mass is 240 g/mol. The maximum Gasteiger partial charge on any atom is 0.309 e. The predicted octanol–water partition coefficient (Wildman–Crippen LogP) is -1.53. The highest BCUT2D eigenvalue weighted by Crippen LogP contribution is 1.98. The van der Waals surface area contributed by atoms with Gasteiger partial charge >= 0.3 is 11.8 Å². The van der Waals surface area contributed by atoms with Gasteiger partial charge in [-0.3, -0.25) is 9.59 Å². The number of likely N-dealkylation sites (tertiary alicyclic amines) is 1. The Morgan fingerprint density at radius 3 is 2.76 bits per heavy atom. The van der Waals surface area contributed by atoms with Gasteiger partial charge in [-0.25, -0.2) is 0 Å². The molecule has 1 saturated heterocycles. The molecule has 17 heavy (non-hydrogen) atoms. The first-order valence-corrected chi connectivity index (χ1v) is 6.20. The Kier molecular flexibility index (Phi) is 5.69. The second-order valence-corrected chi connectivity index (χ2v) is 4.31. The Balaban J connectivity index is 2.27. The molecule has 1 unspecified atom stereocenters. The second kappa shape index (κ2) is 7.06. The summed E-state index contributed by atoms with van der Waals surface area (Å²) in [5.41, 5.74) is 0. The highest BCUT2D eigenvalue weighted by Gasteiger charge is 2.27. The topological polar surface area (TPSA) is 62.6 Å². The van der Waals surface area contributed by atoms with E-state index in [1.807, 2.05) is 0 Å². The Morgan fingerprint density at radius 2 is 2.12 bits per heavy atom. The van der Waals surface area contributed by atoms with Crippen LogP contribution >= 0.6 is 0 Å². The molecule has 96 valence electrons. The fourth-order valence-corrected chi connectivity index (χ4v) is 2.24. The molecule has 0 aromatic heterocycles. The number of hydrogen-bond donors (Lipinski definition) is 3. The average molecular weight is 240 g/mol. The van der Waals surface area contributed by atoms with Crippen LogP contribution in [0.4, 0.5) is 0 Å². The molecule has 1 heterocycles. The SMILES string of the molecule is C=CCNC(=O)C(=O)NC[C@@H]1CCC[NH+]1CC. The van der Waals surface area contributed by atoms with E-state index < -0.39 is 11.8 Å². The molecule has 3 N–H and O–H groups in total. The molecule has 0 aromatic carbocycles. The molecule has 0 radical (unpaired) electrons. The fraction of sp³-hybridized carbons (Fsp3) is 0.667. The van der Waals surface area contributed by atoms with Crippen LogP contribution in [0.25, 0.3) is 0 Å². The van der Waals surface area contributed by atoms with E-state index >= 15 is 0 Å². The lowest BCUT2D eigenvalue weighted by Gasteiger charge is -2.19. The van der Waals surface area contributed by atoms with Gasteiger partial charge in [0.05, 0.1) is 19.6 Å². The van der Waals surface area contributed by atoms with Gasteiger partial charge in [0, 0.05) is 19.4 Å². The van der Waals surface area contributed by atoms with Crippen LogP contribution in [-0.4, -0.2) is 44.0 Å².